The maximum Gasteiger partial charge on any atom is 0.433 e. The molecule has 1 heterocycles. The van der Waals surface area contributed by atoms with Crippen LogP contribution in [0, 0.1) is 18.3 Å². The summed E-state index contributed by atoms with van der Waals surface area (Å²) in [5, 5.41) is 9.96. The van der Waals surface area contributed by atoms with E-state index in [9.17, 15) is 13.2 Å². The molecule has 0 saturated carbocycles. The average molecular weight is 286 g/mol. The van der Waals surface area contributed by atoms with Gasteiger partial charge in [0.15, 0.2) is 5.69 Å². The molecule has 104 valence electrons. The molecule has 1 aromatic heterocycles. The minimum atomic E-state index is -4.56. The summed E-state index contributed by atoms with van der Waals surface area (Å²) in [6, 6.07) is 11.3. The summed E-state index contributed by atoms with van der Waals surface area (Å²) in [5.74, 6) is 0. The molecule has 0 radical (unpaired) electrons. The Labute approximate surface area is 118 Å². The Morgan fingerprint density at radius 2 is 1.76 bits per heavy atom. The van der Waals surface area contributed by atoms with Crippen LogP contribution in [0.15, 0.2) is 36.4 Å². The van der Waals surface area contributed by atoms with Crippen molar-refractivity contribution in [2.45, 2.75) is 13.1 Å². The van der Waals surface area contributed by atoms with Crippen LogP contribution < -0.4 is 0 Å². The summed E-state index contributed by atoms with van der Waals surface area (Å²) in [7, 11) is 0. The zero-order valence-electron chi connectivity index (χ0n) is 11.0. The van der Waals surface area contributed by atoms with Crippen molar-refractivity contribution in [2.24, 2.45) is 0 Å². The van der Waals surface area contributed by atoms with Gasteiger partial charge in [0.25, 0.3) is 0 Å². The number of rotatable bonds is 0. The van der Waals surface area contributed by atoms with E-state index in [0.29, 0.717) is 16.3 Å². The first kappa shape index (κ1) is 13.4. The first-order chi connectivity index (χ1) is 9.90. The molecule has 0 atom stereocenters. The smallest absolute Gasteiger partial charge is 0.243 e. The van der Waals surface area contributed by atoms with Gasteiger partial charge in [-0.25, -0.2) is 4.98 Å². The topological polar surface area (TPSA) is 36.7 Å². The number of aromatic nitrogens is 1. The Morgan fingerprint density at radius 3 is 2.43 bits per heavy atom. The highest BCUT2D eigenvalue weighted by Gasteiger charge is 2.35. The molecule has 3 aromatic rings. The summed E-state index contributed by atoms with van der Waals surface area (Å²) >= 11 is 0. The monoisotopic (exact) mass is 286 g/mol. The normalized spacial score (nSPS) is 11.8. The van der Waals surface area contributed by atoms with E-state index in [1.54, 1.807) is 24.3 Å². The Bertz CT molecular complexity index is 905. The van der Waals surface area contributed by atoms with E-state index in [4.69, 9.17) is 5.26 Å². The molecule has 0 unspecified atom stereocenters. The lowest BCUT2D eigenvalue weighted by Gasteiger charge is -2.12. The Hall–Kier alpha value is -2.61. The number of hydrogen-bond donors (Lipinski definition) is 0. The summed E-state index contributed by atoms with van der Waals surface area (Å²) < 4.78 is 39.6. The van der Waals surface area contributed by atoms with E-state index < -0.39 is 11.9 Å². The lowest BCUT2D eigenvalue weighted by molar-refractivity contribution is -0.139. The molecule has 0 spiro atoms. The fraction of sp³-hybridized carbons (Fsp3) is 0.125. The van der Waals surface area contributed by atoms with Crippen molar-refractivity contribution in [3.63, 3.8) is 0 Å². The van der Waals surface area contributed by atoms with Crippen LogP contribution >= 0.6 is 0 Å². The van der Waals surface area contributed by atoms with Gasteiger partial charge >= 0.3 is 6.18 Å². The van der Waals surface area contributed by atoms with Crippen LogP contribution in [-0.4, -0.2) is 4.98 Å². The summed E-state index contributed by atoms with van der Waals surface area (Å²) in [6.07, 6.45) is -4.56. The van der Waals surface area contributed by atoms with Crippen LogP contribution in [0.25, 0.3) is 21.7 Å². The van der Waals surface area contributed by atoms with E-state index in [0.717, 1.165) is 5.56 Å². The lowest BCUT2D eigenvalue weighted by atomic mass is 10.0. The van der Waals surface area contributed by atoms with Gasteiger partial charge < -0.3 is 0 Å². The zero-order chi connectivity index (χ0) is 15.2. The van der Waals surface area contributed by atoms with Gasteiger partial charge in [-0.3, -0.25) is 0 Å². The van der Waals surface area contributed by atoms with Gasteiger partial charge in [-0.15, -0.1) is 0 Å². The molecule has 2 aromatic carbocycles. The molecular weight excluding hydrogens is 277 g/mol. The molecule has 0 saturated heterocycles. The Balaban J connectivity index is 2.54. The van der Waals surface area contributed by atoms with E-state index >= 15 is 0 Å². The fourth-order valence-corrected chi connectivity index (χ4v) is 2.40. The number of halogens is 3. The van der Waals surface area contributed by atoms with E-state index in [1.807, 2.05) is 13.0 Å². The molecule has 3 rings (SSSR count). The van der Waals surface area contributed by atoms with Crippen molar-refractivity contribution < 1.29 is 13.2 Å². The van der Waals surface area contributed by atoms with Crippen molar-refractivity contribution in [1.29, 1.82) is 5.26 Å². The van der Waals surface area contributed by atoms with Crippen LogP contribution in [-0.2, 0) is 6.18 Å². The number of pyridine rings is 1. The number of nitrogens with zero attached hydrogens (tertiary/aromatic N) is 2. The molecule has 21 heavy (non-hydrogen) atoms. The molecule has 5 heteroatoms. The van der Waals surface area contributed by atoms with Gasteiger partial charge in [0.05, 0.1) is 17.1 Å². The highest BCUT2D eigenvalue weighted by atomic mass is 19.4. The second-order valence-corrected chi connectivity index (χ2v) is 4.85. The SMILES string of the molecule is Cc1ccc2nc(C(F)(F)F)c3cc(C#N)ccc3c2c1. The summed E-state index contributed by atoms with van der Waals surface area (Å²) in [4.78, 5) is 3.76. The number of benzene rings is 2. The fourth-order valence-electron chi connectivity index (χ4n) is 2.40. The second kappa shape index (κ2) is 4.45. The summed E-state index contributed by atoms with van der Waals surface area (Å²) in [6.45, 7) is 1.87. The Morgan fingerprint density at radius 1 is 1.00 bits per heavy atom. The van der Waals surface area contributed by atoms with Crippen molar-refractivity contribution in [1.82, 2.24) is 4.98 Å². The van der Waals surface area contributed by atoms with Gasteiger partial charge in [0.1, 0.15) is 0 Å². The molecular formula is C16H9F3N2. The highest BCUT2D eigenvalue weighted by molar-refractivity contribution is 6.07. The third-order valence-electron chi connectivity index (χ3n) is 3.35. The minimum absolute atomic E-state index is 0.0420. The third-order valence-corrected chi connectivity index (χ3v) is 3.35. The summed E-state index contributed by atoms with van der Waals surface area (Å²) in [5.41, 5.74) is 0.465. The highest BCUT2D eigenvalue weighted by Crippen LogP contribution is 2.37. The van der Waals surface area contributed by atoms with Crippen LogP contribution in [0.1, 0.15) is 16.8 Å². The minimum Gasteiger partial charge on any atom is -0.243 e. The van der Waals surface area contributed by atoms with Crippen LogP contribution in [0.4, 0.5) is 13.2 Å². The van der Waals surface area contributed by atoms with Crippen molar-refractivity contribution in [3.8, 4) is 6.07 Å². The van der Waals surface area contributed by atoms with Gasteiger partial charge in [0.2, 0.25) is 0 Å². The maximum atomic E-state index is 13.2. The van der Waals surface area contributed by atoms with E-state index in [1.165, 1.54) is 12.1 Å². The molecule has 0 amide bonds. The van der Waals surface area contributed by atoms with Gasteiger partial charge in [-0.05, 0) is 36.6 Å². The first-order valence-electron chi connectivity index (χ1n) is 6.21. The van der Waals surface area contributed by atoms with Crippen LogP contribution in [0.2, 0.25) is 0 Å². The molecule has 0 fully saturated rings. The predicted octanol–water partition coefficient (Wildman–Crippen LogP) is 4.59. The average Bonchev–Trinajstić information content (AvgIpc) is 2.44. The van der Waals surface area contributed by atoms with Gasteiger partial charge in [-0.1, -0.05) is 17.7 Å². The zero-order valence-corrected chi connectivity index (χ0v) is 11.0. The standard InChI is InChI=1S/C16H9F3N2/c1-9-2-5-14-12(6-9)11-4-3-10(8-20)7-13(11)15(21-14)16(17,18)19/h2-7H,1H3. The van der Waals surface area contributed by atoms with E-state index in [-0.39, 0.29) is 10.9 Å². The third kappa shape index (κ3) is 2.19. The molecule has 0 aliphatic heterocycles. The van der Waals surface area contributed by atoms with Crippen LogP contribution in [0.5, 0.6) is 0 Å². The maximum absolute atomic E-state index is 13.2. The molecule has 0 N–H and O–H groups in total. The van der Waals surface area contributed by atoms with Crippen molar-refractivity contribution in [3.05, 3.63) is 53.2 Å². The second-order valence-electron chi connectivity index (χ2n) is 4.85. The number of hydrogen-bond acceptors (Lipinski definition) is 2. The Kier molecular flexibility index (Phi) is 2.84. The molecule has 2 nitrogen and oxygen atoms in total. The first-order valence-corrected chi connectivity index (χ1v) is 6.21. The van der Waals surface area contributed by atoms with Crippen LogP contribution in [0.3, 0.4) is 0 Å². The molecule has 0 aliphatic rings. The van der Waals surface area contributed by atoms with Gasteiger partial charge in [-0.2, -0.15) is 18.4 Å². The van der Waals surface area contributed by atoms with Crippen molar-refractivity contribution >= 4 is 21.7 Å². The predicted molar refractivity (Wildman–Crippen MR) is 73.7 cm³/mol. The lowest BCUT2D eigenvalue weighted by Crippen LogP contribution is -2.09. The molecule has 0 bridgehead atoms. The quantitative estimate of drug-likeness (QED) is 0.567. The molecule has 0 aliphatic carbocycles. The number of alkyl halides is 3. The number of nitriles is 1. The van der Waals surface area contributed by atoms with Gasteiger partial charge in [0, 0.05) is 10.8 Å². The number of fused-ring (bicyclic) bond motifs is 3. The van der Waals surface area contributed by atoms with Crippen molar-refractivity contribution in [2.75, 3.05) is 0 Å². The number of aryl methyl sites for hydroxylation is 1. The largest absolute Gasteiger partial charge is 0.433 e. The van der Waals surface area contributed by atoms with E-state index in [2.05, 4.69) is 4.98 Å².